The fourth-order valence-electron chi connectivity index (χ4n) is 1.90. The minimum atomic E-state index is -0.731. The van der Waals surface area contributed by atoms with Crippen molar-refractivity contribution in [3.8, 4) is 0 Å². The molecule has 2 rings (SSSR count). The average molecular weight is 354 g/mol. The number of aromatic nitrogens is 3. The van der Waals surface area contributed by atoms with Crippen LogP contribution in [0.4, 0.5) is 4.79 Å². The van der Waals surface area contributed by atoms with Crippen LogP contribution < -0.4 is 5.56 Å². The lowest BCUT2D eigenvalue weighted by Gasteiger charge is -2.12. The van der Waals surface area contributed by atoms with Gasteiger partial charge in [-0.15, -0.1) is 0 Å². The Morgan fingerprint density at radius 2 is 2.13 bits per heavy atom. The van der Waals surface area contributed by atoms with E-state index in [9.17, 15) is 9.59 Å². The number of hydrogen-bond acceptors (Lipinski definition) is 6. The number of rotatable bonds is 4. The molecule has 0 bridgehead atoms. The molecule has 0 atom stereocenters. The van der Waals surface area contributed by atoms with Gasteiger partial charge in [-0.25, -0.2) is 9.78 Å². The first-order valence-corrected chi connectivity index (χ1v) is 8.30. The van der Waals surface area contributed by atoms with Gasteiger partial charge in [-0.1, -0.05) is 23.4 Å². The van der Waals surface area contributed by atoms with Gasteiger partial charge in [-0.3, -0.25) is 9.78 Å². The summed E-state index contributed by atoms with van der Waals surface area (Å²) in [5, 5.41) is 0.816. The molecule has 0 amide bonds. The van der Waals surface area contributed by atoms with Gasteiger partial charge in [0.05, 0.1) is 11.6 Å². The Labute approximate surface area is 142 Å². The number of carbonyl (C=O) groups is 1. The van der Waals surface area contributed by atoms with Crippen LogP contribution in [0.1, 0.15) is 23.7 Å². The van der Waals surface area contributed by atoms with Crippen molar-refractivity contribution in [1.29, 1.82) is 0 Å². The molecule has 0 saturated heterocycles. The van der Waals surface area contributed by atoms with Crippen molar-refractivity contribution in [1.82, 2.24) is 14.5 Å². The molecule has 122 valence electrons. The molecule has 0 aliphatic carbocycles. The number of thioether (sulfide) groups is 1. The summed E-state index contributed by atoms with van der Waals surface area (Å²) in [6.45, 7) is 5.46. The molecule has 23 heavy (non-hydrogen) atoms. The molecule has 0 fully saturated rings. The molecule has 6 nitrogen and oxygen atoms in total. The number of carbonyl (C=O) groups excluding carboxylic acids is 1. The Kier molecular flexibility index (Phi) is 5.79. The maximum absolute atomic E-state index is 12.1. The van der Waals surface area contributed by atoms with Crippen molar-refractivity contribution in [3.63, 3.8) is 0 Å². The Bertz CT molecular complexity index is 772. The van der Waals surface area contributed by atoms with Gasteiger partial charge >= 0.3 is 6.09 Å². The number of pyridine rings is 1. The molecule has 0 unspecified atom stereocenters. The molecule has 0 N–H and O–H groups in total. The third-order valence-electron chi connectivity index (χ3n) is 3.03. The summed E-state index contributed by atoms with van der Waals surface area (Å²) in [5.41, 5.74) is 1.90. The summed E-state index contributed by atoms with van der Waals surface area (Å²) in [4.78, 5) is 32.4. The van der Waals surface area contributed by atoms with Gasteiger partial charge in [0, 0.05) is 29.9 Å². The van der Waals surface area contributed by atoms with Crippen molar-refractivity contribution in [2.45, 2.75) is 31.7 Å². The quantitative estimate of drug-likeness (QED) is 0.620. The van der Waals surface area contributed by atoms with Crippen molar-refractivity contribution >= 4 is 29.5 Å². The van der Waals surface area contributed by atoms with Gasteiger partial charge in [-0.2, -0.15) is 4.57 Å². The van der Waals surface area contributed by atoms with Gasteiger partial charge in [0.25, 0.3) is 5.56 Å². The Morgan fingerprint density at radius 3 is 2.78 bits per heavy atom. The second kappa shape index (κ2) is 7.61. The number of halogens is 1. The fourth-order valence-corrected chi connectivity index (χ4v) is 3.41. The zero-order valence-electron chi connectivity index (χ0n) is 13.0. The topological polar surface area (TPSA) is 74.1 Å². The molecule has 0 aromatic carbocycles. The van der Waals surface area contributed by atoms with E-state index in [1.54, 1.807) is 26.2 Å². The summed E-state index contributed by atoms with van der Waals surface area (Å²) < 4.78 is 5.86. The average Bonchev–Trinajstić information content (AvgIpc) is 2.46. The van der Waals surface area contributed by atoms with E-state index in [1.807, 2.05) is 6.92 Å². The van der Waals surface area contributed by atoms with Crippen LogP contribution in [0, 0.1) is 13.8 Å². The van der Waals surface area contributed by atoms with Gasteiger partial charge < -0.3 is 4.74 Å². The first-order chi connectivity index (χ1) is 10.9. The lowest BCUT2D eigenvalue weighted by atomic mass is 10.2. The highest BCUT2D eigenvalue weighted by atomic mass is 35.5. The van der Waals surface area contributed by atoms with Crippen molar-refractivity contribution in [3.05, 3.63) is 50.7 Å². The Morgan fingerprint density at radius 1 is 1.39 bits per heavy atom. The van der Waals surface area contributed by atoms with E-state index < -0.39 is 11.7 Å². The third kappa shape index (κ3) is 4.11. The highest BCUT2D eigenvalue weighted by molar-refractivity contribution is 7.98. The Balaban J connectivity index is 2.36. The lowest BCUT2D eigenvalue weighted by Crippen LogP contribution is -2.30. The molecule has 0 radical (unpaired) electrons. The van der Waals surface area contributed by atoms with Gasteiger partial charge in [0.15, 0.2) is 5.16 Å². The number of nitrogens with zero attached hydrogens (tertiary/aromatic N) is 3. The summed E-state index contributed by atoms with van der Waals surface area (Å²) in [5.74, 6) is 0.461. The normalized spacial score (nSPS) is 10.6. The smallest absolute Gasteiger partial charge is 0.423 e. The van der Waals surface area contributed by atoms with E-state index in [0.29, 0.717) is 16.5 Å². The first kappa shape index (κ1) is 17.5. The van der Waals surface area contributed by atoms with E-state index in [0.717, 1.165) is 15.7 Å². The standard InChI is InChI=1S/C15H16ClN3O3S/c1-4-22-15(21)19-13(20)5-10(3)18-14(19)23-8-11-9(2)6-17-7-12(11)16/h5-7H,4,8H2,1-3H3. The van der Waals surface area contributed by atoms with E-state index >= 15 is 0 Å². The van der Waals surface area contributed by atoms with Crippen LogP contribution in [0.2, 0.25) is 5.02 Å². The van der Waals surface area contributed by atoms with Crippen LogP contribution in [0.3, 0.4) is 0 Å². The van der Waals surface area contributed by atoms with Crippen LogP contribution in [-0.4, -0.2) is 27.2 Å². The minimum absolute atomic E-state index is 0.179. The van der Waals surface area contributed by atoms with E-state index in [2.05, 4.69) is 9.97 Å². The fraction of sp³-hybridized carbons (Fsp3) is 0.333. The van der Waals surface area contributed by atoms with Crippen molar-refractivity contribution in [2.75, 3.05) is 6.61 Å². The Hall–Kier alpha value is -1.86. The van der Waals surface area contributed by atoms with Crippen LogP contribution in [0.5, 0.6) is 0 Å². The zero-order valence-corrected chi connectivity index (χ0v) is 14.6. The minimum Gasteiger partial charge on any atom is -0.449 e. The van der Waals surface area contributed by atoms with E-state index in [-0.39, 0.29) is 11.8 Å². The largest absolute Gasteiger partial charge is 0.449 e. The number of aryl methyl sites for hydroxylation is 2. The summed E-state index contributed by atoms with van der Waals surface area (Å²) in [7, 11) is 0. The molecule has 0 aliphatic rings. The summed E-state index contributed by atoms with van der Waals surface area (Å²) >= 11 is 7.40. The first-order valence-electron chi connectivity index (χ1n) is 6.93. The van der Waals surface area contributed by atoms with Crippen LogP contribution in [0.15, 0.2) is 28.4 Å². The summed E-state index contributed by atoms with van der Waals surface area (Å²) in [6, 6.07) is 1.30. The SMILES string of the molecule is CCOC(=O)n1c(SCc2c(C)cncc2Cl)nc(C)cc1=O. The molecule has 0 aliphatic heterocycles. The molecular weight excluding hydrogens is 338 g/mol. The van der Waals surface area contributed by atoms with Crippen molar-refractivity contribution in [2.24, 2.45) is 0 Å². The highest BCUT2D eigenvalue weighted by Gasteiger charge is 2.17. The maximum atomic E-state index is 12.1. The molecule has 2 heterocycles. The van der Waals surface area contributed by atoms with Gasteiger partial charge in [-0.05, 0) is 31.9 Å². The molecule has 0 spiro atoms. The highest BCUT2D eigenvalue weighted by Crippen LogP contribution is 2.27. The monoisotopic (exact) mass is 353 g/mol. The van der Waals surface area contributed by atoms with Crippen LogP contribution >= 0.6 is 23.4 Å². The zero-order chi connectivity index (χ0) is 17.0. The predicted octanol–water partition coefficient (Wildman–Crippen LogP) is 3.21. The number of ether oxygens (including phenoxy) is 1. The van der Waals surface area contributed by atoms with Crippen LogP contribution in [0.25, 0.3) is 0 Å². The number of hydrogen-bond donors (Lipinski definition) is 0. The second-order valence-electron chi connectivity index (χ2n) is 4.76. The van der Waals surface area contributed by atoms with E-state index in [4.69, 9.17) is 16.3 Å². The predicted molar refractivity (Wildman–Crippen MR) is 89.2 cm³/mol. The second-order valence-corrected chi connectivity index (χ2v) is 6.11. The van der Waals surface area contributed by atoms with Gasteiger partial charge in [0.2, 0.25) is 0 Å². The maximum Gasteiger partial charge on any atom is 0.423 e. The lowest BCUT2D eigenvalue weighted by molar-refractivity contribution is 0.150. The molecule has 8 heteroatoms. The van der Waals surface area contributed by atoms with Crippen molar-refractivity contribution < 1.29 is 9.53 Å². The summed E-state index contributed by atoms with van der Waals surface area (Å²) in [6.07, 6.45) is 2.54. The molecule has 2 aromatic rings. The van der Waals surface area contributed by atoms with Crippen LogP contribution in [-0.2, 0) is 10.5 Å². The van der Waals surface area contributed by atoms with Gasteiger partial charge in [0.1, 0.15) is 0 Å². The molecular formula is C15H16ClN3O3S. The van der Waals surface area contributed by atoms with E-state index in [1.165, 1.54) is 17.8 Å². The molecule has 0 saturated carbocycles. The third-order valence-corrected chi connectivity index (χ3v) is 4.32. The molecule has 2 aromatic heterocycles.